The molecule has 4 heteroatoms. The molecule has 0 spiro atoms. The van der Waals surface area contributed by atoms with Crippen LogP contribution in [0.1, 0.15) is 13.3 Å². The van der Waals surface area contributed by atoms with E-state index in [-0.39, 0.29) is 11.5 Å². The second-order valence-corrected chi connectivity index (χ2v) is 6.39. The Kier molecular flexibility index (Phi) is 4.08. The Hall–Kier alpha value is -0.160. The van der Waals surface area contributed by atoms with Crippen LogP contribution >= 0.6 is 0 Å². The minimum atomic E-state index is 0.138. The van der Waals surface area contributed by atoms with Crippen LogP contribution in [-0.4, -0.2) is 69.3 Å². The highest BCUT2D eigenvalue weighted by molar-refractivity contribution is 4.92. The van der Waals surface area contributed by atoms with Gasteiger partial charge in [-0.05, 0) is 33.0 Å². The normalized spacial score (nSPS) is 39.4. The van der Waals surface area contributed by atoms with Crippen LogP contribution in [0.15, 0.2) is 0 Å². The highest BCUT2D eigenvalue weighted by Crippen LogP contribution is 2.28. The zero-order chi connectivity index (χ0) is 12.5. The molecule has 0 aromatic rings. The van der Waals surface area contributed by atoms with Gasteiger partial charge >= 0.3 is 0 Å². The van der Waals surface area contributed by atoms with E-state index in [4.69, 9.17) is 10.5 Å². The smallest absolute Gasteiger partial charge is 0.0624 e. The highest BCUT2D eigenvalue weighted by Gasteiger charge is 2.38. The first kappa shape index (κ1) is 13.3. The third-order valence-corrected chi connectivity index (χ3v) is 4.31. The quantitative estimate of drug-likeness (QED) is 0.765. The average molecular weight is 241 g/mol. The topological polar surface area (TPSA) is 41.7 Å². The van der Waals surface area contributed by atoms with Gasteiger partial charge in [0.05, 0.1) is 13.2 Å². The van der Waals surface area contributed by atoms with Crippen LogP contribution in [0, 0.1) is 11.3 Å². The molecule has 0 aromatic carbocycles. The maximum absolute atomic E-state index is 6.13. The van der Waals surface area contributed by atoms with Crippen molar-refractivity contribution in [1.82, 2.24) is 9.80 Å². The van der Waals surface area contributed by atoms with Crippen molar-refractivity contribution in [2.45, 2.75) is 19.4 Å². The van der Waals surface area contributed by atoms with E-state index in [2.05, 4.69) is 30.8 Å². The van der Waals surface area contributed by atoms with E-state index in [1.54, 1.807) is 0 Å². The number of hydrogen-bond acceptors (Lipinski definition) is 4. The summed E-state index contributed by atoms with van der Waals surface area (Å²) in [6.07, 6.45) is 1.33. The van der Waals surface area contributed by atoms with Crippen LogP contribution in [0.3, 0.4) is 0 Å². The van der Waals surface area contributed by atoms with Gasteiger partial charge in [-0.15, -0.1) is 0 Å². The Balaban J connectivity index is 1.78. The van der Waals surface area contributed by atoms with Crippen molar-refractivity contribution in [1.29, 1.82) is 0 Å². The van der Waals surface area contributed by atoms with Gasteiger partial charge in [0.25, 0.3) is 0 Å². The van der Waals surface area contributed by atoms with E-state index in [1.165, 1.54) is 26.1 Å². The lowest BCUT2D eigenvalue weighted by Crippen LogP contribution is -2.46. The molecule has 0 radical (unpaired) electrons. The SMILES string of the molecule is CN1CCC(CN(C)CC2(C)COCC2N)C1. The lowest BCUT2D eigenvalue weighted by Gasteiger charge is -2.33. The molecule has 0 saturated carbocycles. The van der Waals surface area contributed by atoms with E-state index in [0.29, 0.717) is 0 Å². The summed E-state index contributed by atoms with van der Waals surface area (Å²) in [5.74, 6) is 0.826. The van der Waals surface area contributed by atoms with Crippen molar-refractivity contribution in [3.63, 3.8) is 0 Å². The first-order chi connectivity index (χ1) is 7.99. The lowest BCUT2D eigenvalue weighted by atomic mass is 9.85. The molecule has 2 N–H and O–H groups in total. The summed E-state index contributed by atoms with van der Waals surface area (Å²) in [4.78, 5) is 4.86. The van der Waals surface area contributed by atoms with Gasteiger partial charge in [-0.25, -0.2) is 0 Å². The summed E-state index contributed by atoms with van der Waals surface area (Å²) in [7, 11) is 4.43. The Bertz CT molecular complexity index is 261. The molecule has 2 aliphatic rings. The summed E-state index contributed by atoms with van der Waals surface area (Å²) in [5.41, 5.74) is 6.27. The maximum Gasteiger partial charge on any atom is 0.0624 e. The van der Waals surface area contributed by atoms with Crippen LogP contribution in [0.4, 0.5) is 0 Å². The lowest BCUT2D eigenvalue weighted by molar-refractivity contribution is 0.123. The minimum absolute atomic E-state index is 0.138. The molecule has 0 bridgehead atoms. The molecular formula is C13H27N3O. The largest absolute Gasteiger partial charge is 0.379 e. The number of nitrogens with zero attached hydrogens (tertiary/aromatic N) is 2. The Morgan fingerprint density at radius 1 is 1.53 bits per heavy atom. The maximum atomic E-state index is 6.13. The van der Waals surface area contributed by atoms with Crippen molar-refractivity contribution < 1.29 is 4.74 Å². The number of hydrogen-bond donors (Lipinski definition) is 1. The molecule has 0 aromatic heterocycles. The van der Waals surface area contributed by atoms with Gasteiger partial charge in [-0.3, -0.25) is 0 Å². The third kappa shape index (κ3) is 3.19. The molecule has 2 rings (SSSR count). The summed E-state index contributed by atoms with van der Waals surface area (Å²) in [6, 6.07) is 0.191. The molecule has 0 aliphatic carbocycles. The zero-order valence-electron chi connectivity index (χ0n) is 11.5. The van der Waals surface area contributed by atoms with Crippen LogP contribution in [0.25, 0.3) is 0 Å². The molecule has 2 heterocycles. The number of likely N-dealkylation sites (tertiary alicyclic amines) is 1. The number of nitrogens with two attached hydrogens (primary N) is 1. The van der Waals surface area contributed by atoms with Crippen molar-refractivity contribution in [2.75, 3.05) is 53.5 Å². The van der Waals surface area contributed by atoms with E-state index >= 15 is 0 Å². The molecule has 4 nitrogen and oxygen atoms in total. The monoisotopic (exact) mass is 241 g/mol. The van der Waals surface area contributed by atoms with Crippen LogP contribution in [0.5, 0.6) is 0 Å². The van der Waals surface area contributed by atoms with Crippen molar-refractivity contribution in [3.05, 3.63) is 0 Å². The predicted octanol–water partition coefficient (Wildman–Crippen LogP) is 0.234. The van der Waals surface area contributed by atoms with Gasteiger partial charge < -0.3 is 20.3 Å². The van der Waals surface area contributed by atoms with E-state index < -0.39 is 0 Å². The molecule has 0 amide bonds. The third-order valence-electron chi connectivity index (χ3n) is 4.31. The van der Waals surface area contributed by atoms with E-state index in [0.717, 1.165) is 25.7 Å². The first-order valence-electron chi connectivity index (χ1n) is 6.70. The van der Waals surface area contributed by atoms with E-state index in [9.17, 15) is 0 Å². The Morgan fingerprint density at radius 2 is 2.29 bits per heavy atom. The second-order valence-electron chi connectivity index (χ2n) is 6.39. The van der Waals surface area contributed by atoms with Crippen molar-refractivity contribution >= 4 is 0 Å². The van der Waals surface area contributed by atoms with Crippen LogP contribution in [-0.2, 0) is 4.74 Å². The molecule has 3 unspecified atom stereocenters. The number of ether oxygens (including phenoxy) is 1. The van der Waals surface area contributed by atoms with Crippen LogP contribution < -0.4 is 5.73 Å². The zero-order valence-corrected chi connectivity index (χ0v) is 11.5. The van der Waals surface area contributed by atoms with Crippen molar-refractivity contribution in [3.8, 4) is 0 Å². The fourth-order valence-corrected chi connectivity index (χ4v) is 3.19. The minimum Gasteiger partial charge on any atom is -0.379 e. The molecular weight excluding hydrogens is 214 g/mol. The van der Waals surface area contributed by atoms with Gasteiger partial charge in [0.15, 0.2) is 0 Å². The summed E-state index contributed by atoms with van der Waals surface area (Å²) in [6.45, 7) is 8.50. The number of rotatable bonds is 4. The first-order valence-corrected chi connectivity index (χ1v) is 6.70. The van der Waals surface area contributed by atoms with Crippen molar-refractivity contribution in [2.24, 2.45) is 17.1 Å². The molecule has 100 valence electrons. The van der Waals surface area contributed by atoms with Gasteiger partial charge in [-0.2, -0.15) is 0 Å². The Morgan fingerprint density at radius 3 is 2.82 bits per heavy atom. The highest BCUT2D eigenvalue weighted by atomic mass is 16.5. The van der Waals surface area contributed by atoms with Crippen LogP contribution in [0.2, 0.25) is 0 Å². The molecule has 2 fully saturated rings. The summed E-state index contributed by atoms with van der Waals surface area (Å²) < 4.78 is 5.50. The van der Waals surface area contributed by atoms with Gasteiger partial charge in [0.1, 0.15) is 0 Å². The second kappa shape index (κ2) is 5.22. The van der Waals surface area contributed by atoms with Gasteiger partial charge in [-0.1, -0.05) is 6.92 Å². The standard InChI is InChI=1S/C13H27N3O/c1-13(10-17-8-12(13)14)9-16(3)7-11-4-5-15(2)6-11/h11-12H,4-10,14H2,1-3H3. The molecule has 17 heavy (non-hydrogen) atoms. The fraction of sp³-hybridized carbons (Fsp3) is 1.00. The summed E-state index contributed by atoms with van der Waals surface area (Å²) in [5, 5.41) is 0. The average Bonchev–Trinajstić information content (AvgIpc) is 2.75. The molecule has 2 saturated heterocycles. The van der Waals surface area contributed by atoms with Gasteiger partial charge in [0.2, 0.25) is 0 Å². The fourth-order valence-electron chi connectivity index (χ4n) is 3.19. The predicted molar refractivity (Wildman–Crippen MR) is 70.0 cm³/mol. The Labute approximate surface area is 105 Å². The molecule has 2 aliphatic heterocycles. The summed E-state index contributed by atoms with van der Waals surface area (Å²) >= 11 is 0. The van der Waals surface area contributed by atoms with Gasteiger partial charge in [0, 0.05) is 31.1 Å². The molecule has 3 atom stereocenters. The van der Waals surface area contributed by atoms with E-state index in [1.807, 2.05) is 0 Å².